The third-order valence-electron chi connectivity index (χ3n) is 3.30. The van der Waals surface area contributed by atoms with E-state index in [-0.39, 0.29) is 0 Å². The first kappa shape index (κ1) is 13.2. The summed E-state index contributed by atoms with van der Waals surface area (Å²) in [5, 5.41) is 10.6. The molecule has 4 heteroatoms. The summed E-state index contributed by atoms with van der Waals surface area (Å²) >= 11 is 6.01. The number of aromatic nitrogens is 2. The van der Waals surface area contributed by atoms with E-state index in [4.69, 9.17) is 11.6 Å². The molecule has 1 heterocycles. The number of aliphatic hydroxyl groups excluding tert-OH is 1. The number of benzene rings is 2. The minimum atomic E-state index is -0.620. The lowest BCUT2D eigenvalue weighted by Crippen LogP contribution is -2.07. The number of imidazole rings is 1. The second-order valence-corrected chi connectivity index (χ2v) is 5.29. The van der Waals surface area contributed by atoms with Crippen molar-refractivity contribution in [2.45, 2.75) is 19.6 Å². The summed E-state index contributed by atoms with van der Waals surface area (Å²) in [6, 6.07) is 15.7. The Morgan fingerprint density at radius 2 is 1.95 bits per heavy atom. The number of hydrogen-bond acceptors (Lipinski definition) is 2. The first-order chi connectivity index (χ1) is 9.65. The fourth-order valence-electron chi connectivity index (χ4n) is 2.37. The van der Waals surface area contributed by atoms with Gasteiger partial charge in [-0.1, -0.05) is 41.9 Å². The molecule has 1 aromatic heterocycles. The van der Waals surface area contributed by atoms with E-state index in [1.807, 2.05) is 41.0 Å². The molecule has 2 aromatic carbocycles. The highest BCUT2D eigenvalue weighted by Crippen LogP contribution is 2.24. The Balaban J connectivity index is 2.14. The predicted molar refractivity (Wildman–Crippen MR) is 80.9 cm³/mol. The SMILES string of the molecule is C[C@H](O)c1nc2cc(Cl)ccc2n1Cc1ccccc1. The van der Waals surface area contributed by atoms with Crippen LogP contribution in [-0.2, 0) is 6.54 Å². The molecule has 0 saturated carbocycles. The zero-order chi connectivity index (χ0) is 14.1. The molecule has 0 fully saturated rings. The lowest BCUT2D eigenvalue weighted by Gasteiger charge is -2.11. The van der Waals surface area contributed by atoms with Crippen LogP contribution in [0.1, 0.15) is 24.4 Å². The van der Waals surface area contributed by atoms with Gasteiger partial charge in [0.1, 0.15) is 11.9 Å². The molecule has 0 aliphatic rings. The van der Waals surface area contributed by atoms with Gasteiger partial charge in [-0.15, -0.1) is 0 Å². The van der Waals surface area contributed by atoms with E-state index in [0.717, 1.165) is 11.0 Å². The van der Waals surface area contributed by atoms with E-state index >= 15 is 0 Å². The fraction of sp³-hybridized carbons (Fsp3) is 0.188. The van der Waals surface area contributed by atoms with Gasteiger partial charge in [-0.2, -0.15) is 0 Å². The average molecular weight is 287 g/mol. The summed E-state index contributed by atoms with van der Waals surface area (Å²) < 4.78 is 2.03. The quantitative estimate of drug-likeness (QED) is 0.795. The van der Waals surface area contributed by atoms with Crippen LogP contribution in [0.4, 0.5) is 0 Å². The molecule has 102 valence electrons. The fourth-order valence-corrected chi connectivity index (χ4v) is 2.54. The van der Waals surface area contributed by atoms with Crippen LogP contribution in [0.25, 0.3) is 11.0 Å². The predicted octanol–water partition coefficient (Wildman–Crippen LogP) is 3.79. The zero-order valence-corrected chi connectivity index (χ0v) is 11.9. The van der Waals surface area contributed by atoms with Crippen LogP contribution in [0.2, 0.25) is 5.02 Å². The van der Waals surface area contributed by atoms with Crippen LogP contribution in [0.5, 0.6) is 0 Å². The molecule has 3 rings (SSSR count). The molecule has 3 nitrogen and oxygen atoms in total. The molecule has 0 spiro atoms. The lowest BCUT2D eigenvalue weighted by atomic mass is 10.2. The molecule has 0 aliphatic carbocycles. The highest BCUT2D eigenvalue weighted by Gasteiger charge is 2.15. The third-order valence-corrected chi connectivity index (χ3v) is 3.53. The van der Waals surface area contributed by atoms with E-state index in [0.29, 0.717) is 17.4 Å². The van der Waals surface area contributed by atoms with Crippen LogP contribution in [-0.4, -0.2) is 14.7 Å². The average Bonchev–Trinajstić information content (AvgIpc) is 2.78. The maximum Gasteiger partial charge on any atom is 0.138 e. The van der Waals surface area contributed by atoms with E-state index < -0.39 is 6.10 Å². The summed E-state index contributed by atoms with van der Waals surface area (Å²) in [7, 11) is 0. The zero-order valence-electron chi connectivity index (χ0n) is 11.1. The van der Waals surface area contributed by atoms with Crippen molar-refractivity contribution in [2.24, 2.45) is 0 Å². The van der Waals surface area contributed by atoms with Crippen molar-refractivity contribution in [2.75, 3.05) is 0 Å². The molecule has 3 aromatic rings. The summed E-state index contributed by atoms with van der Waals surface area (Å²) in [4.78, 5) is 4.50. The number of fused-ring (bicyclic) bond motifs is 1. The first-order valence-electron chi connectivity index (χ1n) is 6.53. The van der Waals surface area contributed by atoms with Crippen LogP contribution in [0.15, 0.2) is 48.5 Å². The number of nitrogens with zero attached hydrogens (tertiary/aromatic N) is 2. The molecule has 0 aliphatic heterocycles. The maximum atomic E-state index is 9.94. The second kappa shape index (κ2) is 5.27. The maximum absolute atomic E-state index is 9.94. The normalized spacial score (nSPS) is 12.8. The summed E-state index contributed by atoms with van der Waals surface area (Å²) in [6.45, 7) is 2.41. The van der Waals surface area contributed by atoms with Gasteiger partial charge in [-0.25, -0.2) is 4.98 Å². The highest BCUT2D eigenvalue weighted by atomic mass is 35.5. The third kappa shape index (κ3) is 2.42. The van der Waals surface area contributed by atoms with Crippen LogP contribution < -0.4 is 0 Å². The molecule has 20 heavy (non-hydrogen) atoms. The molecular weight excluding hydrogens is 272 g/mol. The monoisotopic (exact) mass is 286 g/mol. The Morgan fingerprint density at radius 3 is 2.65 bits per heavy atom. The van der Waals surface area contributed by atoms with Crippen molar-refractivity contribution in [1.82, 2.24) is 9.55 Å². The Kier molecular flexibility index (Phi) is 3.47. The first-order valence-corrected chi connectivity index (χ1v) is 6.90. The largest absolute Gasteiger partial charge is 0.385 e. The number of rotatable bonds is 3. The molecule has 0 unspecified atom stereocenters. The number of aliphatic hydroxyl groups is 1. The van der Waals surface area contributed by atoms with Gasteiger partial charge in [0.15, 0.2) is 0 Å². The summed E-state index contributed by atoms with van der Waals surface area (Å²) in [5.41, 5.74) is 2.96. The molecular formula is C16H15ClN2O. The lowest BCUT2D eigenvalue weighted by molar-refractivity contribution is 0.185. The van der Waals surface area contributed by atoms with Gasteiger partial charge in [-0.05, 0) is 30.7 Å². The number of hydrogen-bond donors (Lipinski definition) is 1. The molecule has 0 saturated heterocycles. The van der Waals surface area contributed by atoms with E-state index in [1.54, 1.807) is 6.92 Å². The smallest absolute Gasteiger partial charge is 0.138 e. The Morgan fingerprint density at radius 1 is 1.20 bits per heavy atom. The highest BCUT2D eigenvalue weighted by molar-refractivity contribution is 6.31. The van der Waals surface area contributed by atoms with Crippen LogP contribution in [0.3, 0.4) is 0 Å². The Labute approximate surface area is 122 Å². The second-order valence-electron chi connectivity index (χ2n) is 4.85. The van der Waals surface area contributed by atoms with Crippen LogP contribution >= 0.6 is 11.6 Å². The molecule has 0 bridgehead atoms. The van der Waals surface area contributed by atoms with E-state index in [1.165, 1.54) is 5.56 Å². The van der Waals surface area contributed by atoms with Gasteiger partial charge >= 0.3 is 0 Å². The van der Waals surface area contributed by atoms with Crippen molar-refractivity contribution in [3.63, 3.8) is 0 Å². The minimum absolute atomic E-state index is 0.620. The van der Waals surface area contributed by atoms with Crippen molar-refractivity contribution in [1.29, 1.82) is 0 Å². The van der Waals surface area contributed by atoms with Crippen molar-refractivity contribution < 1.29 is 5.11 Å². The molecule has 1 atom stereocenters. The van der Waals surface area contributed by atoms with Gasteiger partial charge in [0.05, 0.1) is 11.0 Å². The molecule has 1 N–H and O–H groups in total. The van der Waals surface area contributed by atoms with E-state index in [2.05, 4.69) is 17.1 Å². The van der Waals surface area contributed by atoms with Crippen molar-refractivity contribution >= 4 is 22.6 Å². The molecule has 0 amide bonds. The van der Waals surface area contributed by atoms with Gasteiger partial charge in [0.25, 0.3) is 0 Å². The van der Waals surface area contributed by atoms with E-state index in [9.17, 15) is 5.11 Å². The Hall–Kier alpha value is -1.84. The molecule has 0 radical (unpaired) electrons. The summed E-state index contributed by atoms with van der Waals surface area (Å²) in [6.07, 6.45) is -0.620. The van der Waals surface area contributed by atoms with Gasteiger partial charge in [0.2, 0.25) is 0 Å². The topological polar surface area (TPSA) is 38.1 Å². The van der Waals surface area contributed by atoms with Gasteiger partial charge in [-0.3, -0.25) is 0 Å². The summed E-state index contributed by atoms with van der Waals surface area (Å²) in [5.74, 6) is 0.658. The Bertz CT molecular complexity index is 735. The number of halogens is 1. The standard InChI is InChI=1S/C16H15ClN2O/c1-11(20)16-18-14-9-13(17)7-8-15(14)19(16)10-12-5-3-2-4-6-12/h2-9,11,20H,10H2,1H3/t11-/m0/s1. The van der Waals surface area contributed by atoms with Gasteiger partial charge < -0.3 is 9.67 Å². The van der Waals surface area contributed by atoms with Crippen molar-refractivity contribution in [3.8, 4) is 0 Å². The van der Waals surface area contributed by atoms with Gasteiger partial charge in [0, 0.05) is 11.6 Å². The van der Waals surface area contributed by atoms with Crippen molar-refractivity contribution in [3.05, 3.63) is 64.9 Å². The van der Waals surface area contributed by atoms with Crippen LogP contribution in [0, 0.1) is 0 Å². The minimum Gasteiger partial charge on any atom is -0.385 e.